The Morgan fingerprint density at radius 2 is 1.64 bits per heavy atom. The van der Waals surface area contributed by atoms with E-state index in [9.17, 15) is 18.0 Å². The predicted molar refractivity (Wildman–Crippen MR) is 127 cm³/mol. The van der Waals surface area contributed by atoms with Crippen LogP contribution in [0.15, 0.2) is 47.4 Å². The van der Waals surface area contributed by atoms with Crippen molar-refractivity contribution in [3.8, 4) is 11.5 Å². The minimum atomic E-state index is -3.78. The second-order valence-electron chi connectivity index (χ2n) is 7.37. The molecule has 0 aromatic heterocycles. The molecule has 2 aromatic rings. The van der Waals surface area contributed by atoms with E-state index >= 15 is 0 Å². The molecule has 0 fully saturated rings. The van der Waals surface area contributed by atoms with Crippen LogP contribution >= 0.6 is 0 Å². The summed E-state index contributed by atoms with van der Waals surface area (Å²) in [5, 5.41) is 2.67. The molecule has 2 aromatic carbocycles. The Labute approximate surface area is 195 Å². The summed E-state index contributed by atoms with van der Waals surface area (Å²) >= 11 is 0. The number of ketones is 1. The van der Waals surface area contributed by atoms with Crippen molar-refractivity contribution in [2.24, 2.45) is 0 Å². The molecule has 0 bridgehead atoms. The molecule has 9 heteroatoms. The molecule has 0 saturated carbocycles. The van der Waals surface area contributed by atoms with Crippen LogP contribution in [0.2, 0.25) is 0 Å². The summed E-state index contributed by atoms with van der Waals surface area (Å²) in [6.45, 7) is 7.58. The van der Waals surface area contributed by atoms with Crippen LogP contribution in [0.25, 0.3) is 0 Å². The summed E-state index contributed by atoms with van der Waals surface area (Å²) in [5.74, 6) is 0.470. The van der Waals surface area contributed by atoms with E-state index in [4.69, 9.17) is 9.47 Å². The summed E-state index contributed by atoms with van der Waals surface area (Å²) in [7, 11) is -3.78. The summed E-state index contributed by atoms with van der Waals surface area (Å²) in [6.07, 6.45) is 1.14. The number of anilines is 1. The lowest BCUT2D eigenvalue weighted by Gasteiger charge is -2.21. The molecule has 0 unspecified atom stereocenters. The summed E-state index contributed by atoms with van der Waals surface area (Å²) in [4.78, 5) is 23.5. The van der Waals surface area contributed by atoms with Crippen molar-refractivity contribution < 1.29 is 27.5 Å². The number of ether oxygens (including phenoxy) is 2. The fourth-order valence-corrected chi connectivity index (χ4v) is 4.80. The van der Waals surface area contributed by atoms with Gasteiger partial charge in [-0.15, -0.1) is 0 Å². The average Bonchev–Trinajstić information content (AvgIpc) is 2.78. The van der Waals surface area contributed by atoms with Gasteiger partial charge in [-0.1, -0.05) is 26.0 Å². The van der Waals surface area contributed by atoms with Crippen LogP contribution in [-0.2, 0) is 26.0 Å². The number of hydrogen-bond acceptors (Lipinski definition) is 6. The van der Waals surface area contributed by atoms with E-state index in [-0.39, 0.29) is 23.0 Å². The molecule has 1 N–H and O–H groups in total. The zero-order chi connectivity index (χ0) is 24.4. The van der Waals surface area contributed by atoms with Crippen LogP contribution in [0.5, 0.6) is 11.5 Å². The van der Waals surface area contributed by atoms with Gasteiger partial charge in [0.2, 0.25) is 10.0 Å². The number of nitrogens with one attached hydrogen (secondary N) is 1. The van der Waals surface area contributed by atoms with E-state index in [1.165, 1.54) is 16.4 Å². The third kappa shape index (κ3) is 7.57. The topological polar surface area (TPSA) is 102 Å². The first-order valence-electron chi connectivity index (χ1n) is 11.0. The van der Waals surface area contributed by atoms with Gasteiger partial charge in [0.15, 0.2) is 6.61 Å². The monoisotopic (exact) mass is 476 g/mol. The van der Waals surface area contributed by atoms with Gasteiger partial charge in [0, 0.05) is 25.2 Å². The second-order valence-corrected chi connectivity index (χ2v) is 9.27. The normalized spacial score (nSPS) is 11.3. The molecule has 0 aliphatic carbocycles. The number of sulfonamides is 1. The van der Waals surface area contributed by atoms with Crippen LogP contribution in [-0.4, -0.2) is 50.7 Å². The SMILES string of the molecule is CCOc1ccc(NC(=O)COc2ccc(CCC(C)=O)cc2)cc1S(=O)(=O)N(CC)CC. The lowest BCUT2D eigenvalue weighted by molar-refractivity contribution is -0.118. The first-order chi connectivity index (χ1) is 15.7. The Morgan fingerprint density at radius 3 is 2.21 bits per heavy atom. The van der Waals surface area contributed by atoms with Crippen molar-refractivity contribution in [2.75, 3.05) is 31.6 Å². The molecule has 0 radical (unpaired) electrons. The van der Waals surface area contributed by atoms with Crippen LogP contribution in [0, 0.1) is 0 Å². The van der Waals surface area contributed by atoms with Gasteiger partial charge in [-0.3, -0.25) is 4.79 Å². The van der Waals surface area contributed by atoms with E-state index in [0.717, 1.165) is 5.56 Å². The first kappa shape index (κ1) is 26.3. The minimum absolute atomic E-state index is 0.00733. The summed E-state index contributed by atoms with van der Waals surface area (Å²) in [5.41, 5.74) is 1.34. The Hall–Kier alpha value is -2.91. The number of hydrogen-bond donors (Lipinski definition) is 1. The maximum Gasteiger partial charge on any atom is 0.262 e. The van der Waals surface area contributed by atoms with E-state index in [2.05, 4.69) is 5.32 Å². The highest BCUT2D eigenvalue weighted by atomic mass is 32.2. The Kier molecular flexibility index (Phi) is 9.87. The number of Topliss-reactive ketones (excluding diaryl/α,β-unsaturated/α-hetero) is 1. The van der Waals surface area contributed by atoms with E-state index in [1.807, 2.05) is 12.1 Å². The second kappa shape index (κ2) is 12.4. The third-order valence-corrected chi connectivity index (χ3v) is 6.98. The maximum absolute atomic E-state index is 13.0. The van der Waals surface area contributed by atoms with Crippen molar-refractivity contribution in [3.05, 3.63) is 48.0 Å². The van der Waals surface area contributed by atoms with Gasteiger partial charge < -0.3 is 19.6 Å². The highest BCUT2D eigenvalue weighted by Crippen LogP contribution is 2.30. The Bertz CT molecular complexity index is 1050. The third-order valence-electron chi connectivity index (χ3n) is 4.91. The highest BCUT2D eigenvalue weighted by Gasteiger charge is 2.26. The number of nitrogens with zero attached hydrogens (tertiary/aromatic N) is 1. The molecule has 0 heterocycles. The lowest BCUT2D eigenvalue weighted by Crippen LogP contribution is -2.31. The van der Waals surface area contributed by atoms with E-state index < -0.39 is 15.9 Å². The number of carbonyl (C=O) groups is 2. The van der Waals surface area contributed by atoms with Crippen LogP contribution in [0.3, 0.4) is 0 Å². The maximum atomic E-state index is 13.0. The van der Waals surface area contributed by atoms with Gasteiger partial charge >= 0.3 is 0 Å². The van der Waals surface area contributed by atoms with Crippen molar-refractivity contribution in [1.82, 2.24) is 4.31 Å². The van der Waals surface area contributed by atoms with Gasteiger partial charge in [0.25, 0.3) is 5.91 Å². The largest absolute Gasteiger partial charge is 0.492 e. The number of carbonyl (C=O) groups excluding carboxylic acids is 2. The predicted octanol–water partition coefficient (Wildman–Crippen LogP) is 3.65. The smallest absolute Gasteiger partial charge is 0.262 e. The van der Waals surface area contributed by atoms with E-state index in [0.29, 0.717) is 44.0 Å². The molecular weight excluding hydrogens is 444 g/mol. The van der Waals surface area contributed by atoms with Crippen molar-refractivity contribution in [1.29, 1.82) is 0 Å². The van der Waals surface area contributed by atoms with Gasteiger partial charge in [-0.25, -0.2) is 8.42 Å². The average molecular weight is 477 g/mol. The fraction of sp³-hybridized carbons (Fsp3) is 0.417. The molecule has 0 aliphatic rings. The van der Waals surface area contributed by atoms with Crippen molar-refractivity contribution >= 4 is 27.4 Å². The quantitative estimate of drug-likeness (QED) is 0.473. The molecule has 0 spiro atoms. The van der Waals surface area contributed by atoms with Gasteiger partial charge in [-0.2, -0.15) is 4.31 Å². The standard InChI is InChI=1S/C24H32N2O6S/c1-5-26(6-2)33(29,30)23-16-20(12-15-22(23)31-7-3)25-24(28)17-32-21-13-10-19(11-14-21)9-8-18(4)27/h10-16H,5-9,17H2,1-4H3,(H,25,28). The van der Waals surface area contributed by atoms with Crippen LogP contribution in [0.4, 0.5) is 5.69 Å². The first-order valence-corrected chi connectivity index (χ1v) is 12.4. The molecule has 1 amide bonds. The molecule has 0 aliphatic heterocycles. The van der Waals surface area contributed by atoms with Crippen LogP contribution < -0.4 is 14.8 Å². The highest BCUT2D eigenvalue weighted by molar-refractivity contribution is 7.89. The Morgan fingerprint density at radius 1 is 0.970 bits per heavy atom. The lowest BCUT2D eigenvalue weighted by atomic mass is 10.1. The summed E-state index contributed by atoms with van der Waals surface area (Å²) < 4.78 is 38.4. The van der Waals surface area contributed by atoms with Crippen molar-refractivity contribution in [2.45, 2.75) is 45.4 Å². The summed E-state index contributed by atoms with van der Waals surface area (Å²) in [6, 6.07) is 11.7. The number of amides is 1. The van der Waals surface area contributed by atoms with Gasteiger partial charge in [-0.05, 0) is 56.2 Å². The molecule has 2 rings (SSSR count). The number of rotatable bonds is 13. The zero-order valence-corrected chi connectivity index (χ0v) is 20.4. The fourth-order valence-electron chi connectivity index (χ4n) is 3.18. The van der Waals surface area contributed by atoms with E-state index in [1.54, 1.807) is 45.9 Å². The van der Waals surface area contributed by atoms with Gasteiger partial charge in [0.1, 0.15) is 22.2 Å². The van der Waals surface area contributed by atoms with Gasteiger partial charge in [0.05, 0.1) is 6.61 Å². The zero-order valence-electron chi connectivity index (χ0n) is 19.6. The Balaban J connectivity index is 2.07. The van der Waals surface area contributed by atoms with Crippen molar-refractivity contribution in [3.63, 3.8) is 0 Å². The number of benzene rings is 2. The molecular formula is C24H32N2O6S. The van der Waals surface area contributed by atoms with Crippen LogP contribution in [0.1, 0.15) is 39.7 Å². The molecule has 0 atom stereocenters. The molecule has 180 valence electrons. The molecule has 8 nitrogen and oxygen atoms in total. The number of aryl methyl sites for hydroxylation is 1. The minimum Gasteiger partial charge on any atom is -0.492 e. The molecule has 33 heavy (non-hydrogen) atoms. The molecule has 0 saturated heterocycles.